The zero-order valence-electron chi connectivity index (χ0n) is 19.2. The predicted octanol–water partition coefficient (Wildman–Crippen LogP) is 3.26. The molecule has 0 aromatic heterocycles. The van der Waals surface area contributed by atoms with Gasteiger partial charge in [0.05, 0.1) is 12.0 Å². The van der Waals surface area contributed by atoms with Gasteiger partial charge >= 0.3 is 0 Å². The molecule has 0 spiro atoms. The molecule has 33 heavy (non-hydrogen) atoms. The first-order valence-corrected chi connectivity index (χ1v) is 13.2. The number of hydrogen-bond donors (Lipinski definition) is 1. The Morgan fingerprint density at radius 1 is 1.00 bits per heavy atom. The Morgan fingerprint density at radius 2 is 1.73 bits per heavy atom. The summed E-state index contributed by atoms with van der Waals surface area (Å²) in [4.78, 5) is 15.4. The molecule has 8 heteroatoms. The van der Waals surface area contributed by atoms with Crippen LogP contribution in [0.2, 0.25) is 0 Å². The van der Waals surface area contributed by atoms with Crippen molar-refractivity contribution < 1.29 is 17.9 Å². The third-order valence-electron chi connectivity index (χ3n) is 6.56. The van der Waals surface area contributed by atoms with E-state index in [1.165, 1.54) is 10.4 Å². The molecule has 0 bridgehead atoms. The topological polar surface area (TPSA) is 79.0 Å². The molecule has 0 atom stereocenters. The highest BCUT2D eigenvalue weighted by Gasteiger charge is 2.27. The van der Waals surface area contributed by atoms with Gasteiger partial charge in [0.15, 0.2) is 0 Å². The zero-order chi connectivity index (χ0) is 23.3. The number of methoxy groups -OCH3 is 1. The number of amides is 1. The summed E-state index contributed by atoms with van der Waals surface area (Å²) < 4.78 is 32.9. The van der Waals surface area contributed by atoms with Gasteiger partial charge in [-0.1, -0.05) is 30.7 Å². The van der Waals surface area contributed by atoms with Gasteiger partial charge in [-0.15, -0.1) is 0 Å². The summed E-state index contributed by atoms with van der Waals surface area (Å²) in [6.45, 7) is 3.68. The first kappa shape index (κ1) is 23.7. The molecule has 4 rings (SSSR count). The van der Waals surface area contributed by atoms with Gasteiger partial charge in [0.25, 0.3) is 5.91 Å². The van der Waals surface area contributed by atoms with Crippen molar-refractivity contribution >= 4 is 15.9 Å². The van der Waals surface area contributed by atoms with Crippen LogP contribution in [0.1, 0.15) is 48.0 Å². The van der Waals surface area contributed by atoms with E-state index >= 15 is 0 Å². The minimum absolute atomic E-state index is 0.0776. The lowest BCUT2D eigenvalue weighted by Gasteiger charge is -2.32. The van der Waals surface area contributed by atoms with Gasteiger partial charge < -0.3 is 10.1 Å². The fraction of sp³-hybridized carbons (Fsp3) is 0.480. The molecule has 0 unspecified atom stereocenters. The van der Waals surface area contributed by atoms with E-state index in [-0.39, 0.29) is 16.8 Å². The number of benzene rings is 2. The molecule has 2 fully saturated rings. The van der Waals surface area contributed by atoms with E-state index in [2.05, 4.69) is 16.3 Å². The maximum Gasteiger partial charge on any atom is 0.251 e. The number of likely N-dealkylation sites (tertiary alicyclic amines) is 1. The number of piperidine rings is 2. The Hall–Kier alpha value is -2.42. The maximum absolute atomic E-state index is 13.0. The second-order valence-electron chi connectivity index (χ2n) is 8.83. The summed E-state index contributed by atoms with van der Waals surface area (Å²) in [5, 5.41) is 3.10. The van der Waals surface area contributed by atoms with Crippen molar-refractivity contribution in [3.63, 3.8) is 0 Å². The van der Waals surface area contributed by atoms with E-state index in [4.69, 9.17) is 4.74 Å². The van der Waals surface area contributed by atoms with Crippen molar-refractivity contribution in [3.05, 3.63) is 59.7 Å². The number of ether oxygens (including phenoxy) is 1. The van der Waals surface area contributed by atoms with E-state index in [1.807, 2.05) is 18.2 Å². The quantitative estimate of drug-likeness (QED) is 0.671. The Balaban J connectivity index is 1.33. The normalized spacial score (nSPS) is 18.7. The lowest BCUT2D eigenvalue weighted by Crippen LogP contribution is -2.44. The second-order valence-corrected chi connectivity index (χ2v) is 10.8. The van der Waals surface area contributed by atoms with Crippen molar-refractivity contribution in [2.24, 2.45) is 0 Å². The van der Waals surface area contributed by atoms with Crippen molar-refractivity contribution in [2.75, 3.05) is 33.3 Å². The molecule has 2 aromatic rings. The number of carbonyl (C=O) groups is 1. The fourth-order valence-corrected chi connectivity index (χ4v) is 6.19. The Kier molecular flexibility index (Phi) is 7.67. The number of nitrogens with zero attached hydrogens (tertiary/aromatic N) is 2. The van der Waals surface area contributed by atoms with Crippen LogP contribution in [0.15, 0.2) is 53.4 Å². The summed E-state index contributed by atoms with van der Waals surface area (Å²) in [7, 11) is -1.87. The van der Waals surface area contributed by atoms with Crippen LogP contribution in [0, 0.1) is 0 Å². The van der Waals surface area contributed by atoms with Crippen LogP contribution in [-0.2, 0) is 16.6 Å². The van der Waals surface area contributed by atoms with Crippen LogP contribution >= 0.6 is 0 Å². The summed E-state index contributed by atoms with van der Waals surface area (Å²) in [5.74, 6) is 0.682. The average molecular weight is 472 g/mol. The van der Waals surface area contributed by atoms with E-state index in [9.17, 15) is 13.2 Å². The maximum atomic E-state index is 13.0. The van der Waals surface area contributed by atoms with Crippen LogP contribution in [-0.4, -0.2) is 62.9 Å². The van der Waals surface area contributed by atoms with Crippen LogP contribution in [0.25, 0.3) is 0 Å². The van der Waals surface area contributed by atoms with Crippen LogP contribution < -0.4 is 10.1 Å². The van der Waals surface area contributed by atoms with Crippen molar-refractivity contribution in [1.82, 2.24) is 14.5 Å². The molecule has 7 nitrogen and oxygen atoms in total. The van der Waals surface area contributed by atoms with Crippen LogP contribution in [0.4, 0.5) is 0 Å². The number of nitrogens with one attached hydrogen (secondary N) is 1. The molecule has 1 N–H and O–H groups in total. The highest BCUT2D eigenvalue weighted by Crippen LogP contribution is 2.23. The monoisotopic (exact) mass is 471 g/mol. The van der Waals surface area contributed by atoms with E-state index in [0.717, 1.165) is 63.1 Å². The molecule has 0 radical (unpaired) electrons. The summed E-state index contributed by atoms with van der Waals surface area (Å²) >= 11 is 0. The number of sulfonamides is 1. The van der Waals surface area contributed by atoms with E-state index in [0.29, 0.717) is 18.7 Å². The van der Waals surface area contributed by atoms with Crippen molar-refractivity contribution in [1.29, 1.82) is 0 Å². The lowest BCUT2D eigenvalue weighted by molar-refractivity contribution is 0.0908. The van der Waals surface area contributed by atoms with Gasteiger partial charge in [0.2, 0.25) is 10.0 Å². The molecule has 0 aliphatic carbocycles. The molecule has 0 saturated carbocycles. The smallest absolute Gasteiger partial charge is 0.251 e. The largest absolute Gasteiger partial charge is 0.496 e. The minimum Gasteiger partial charge on any atom is -0.496 e. The van der Waals surface area contributed by atoms with E-state index < -0.39 is 10.0 Å². The number of hydrogen-bond acceptors (Lipinski definition) is 5. The summed E-state index contributed by atoms with van der Waals surface area (Å²) in [5.41, 5.74) is 1.55. The first-order chi connectivity index (χ1) is 16.0. The molecule has 2 aliphatic rings. The first-order valence-electron chi connectivity index (χ1n) is 11.7. The molecular formula is C25H33N3O4S. The Morgan fingerprint density at radius 3 is 2.45 bits per heavy atom. The molecule has 1 amide bonds. The van der Waals surface area contributed by atoms with Crippen LogP contribution in [0.5, 0.6) is 5.75 Å². The fourth-order valence-electron chi connectivity index (χ4n) is 4.63. The molecule has 2 saturated heterocycles. The standard InChI is InChI=1S/C25H33N3O4S/c1-32-24-11-4-3-8-21(24)19-27-16-12-22(13-17-27)26-25(29)20-9-7-10-23(18-20)33(30,31)28-14-5-2-6-15-28/h3-4,7-11,18,22H,2,5-6,12-17,19H2,1H3,(H,26,29). The van der Waals surface area contributed by atoms with Gasteiger partial charge in [-0.05, 0) is 49.9 Å². The number of para-hydroxylation sites is 1. The van der Waals surface area contributed by atoms with Gasteiger partial charge in [0, 0.05) is 49.9 Å². The summed E-state index contributed by atoms with van der Waals surface area (Å²) in [6.07, 6.45) is 4.54. The molecular weight excluding hydrogens is 438 g/mol. The summed E-state index contributed by atoms with van der Waals surface area (Å²) in [6, 6.07) is 14.5. The van der Waals surface area contributed by atoms with E-state index in [1.54, 1.807) is 25.3 Å². The highest BCUT2D eigenvalue weighted by atomic mass is 32.2. The predicted molar refractivity (Wildman–Crippen MR) is 128 cm³/mol. The molecule has 2 aromatic carbocycles. The van der Waals surface area contributed by atoms with Gasteiger partial charge in [-0.3, -0.25) is 9.69 Å². The van der Waals surface area contributed by atoms with Gasteiger partial charge in [0.1, 0.15) is 5.75 Å². The number of rotatable bonds is 7. The zero-order valence-corrected chi connectivity index (χ0v) is 20.0. The molecule has 178 valence electrons. The molecule has 2 aliphatic heterocycles. The highest BCUT2D eigenvalue weighted by molar-refractivity contribution is 7.89. The van der Waals surface area contributed by atoms with Crippen LogP contribution in [0.3, 0.4) is 0 Å². The number of carbonyl (C=O) groups excluding carboxylic acids is 1. The third-order valence-corrected chi connectivity index (χ3v) is 8.45. The second kappa shape index (κ2) is 10.7. The Bertz CT molecular complexity index is 1060. The van der Waals surface area contributed by atoms with Crippen molar-refractivity contribution in [2.45, 2.75) is 49.6 Å². The van der Waals surface area contributed by atoms with Gasteiger partial charge in [-0.2, -0.15) is 4.31 Å². The average Bonchev–Trinajstić information content (AvgIpc) is 2.86. The Labute approximate surface area is 196 Å². The lowest BCUT2D eigenvalue weighted by atomic mass is 10.0. The van der Waals surface area contributed by atoms with Gasteiger partial charge in [-0.25, -0.2) is 8.42 Å². The minimum atomic E-state index is -3.56. The third kappa shape index (κ3) is 5.75. The SMILES string of the molecule is COc1ccccc1CN1CCC(NC(=O)c2cccc(S(=O)(=O)N3CCCCC3)c2)CC1. The molecule has 2 heterocycles. The van der Waals surface area contributed by atoms with Crippen molar-refractivity contribution in [3.8, 4) is 5.75 Å².